The standard InChI is InChI=1S/C12H11ClFN3O2S/c1-7-4-9(14)10(15)5-11(7)20(18,19)17-8-2-3-12(13)16-6-8/h2-6,17H,15H2,1H3. The van der Waals surface area contributed by atoms with Crippen molar-refractivity contribution in [2.24, 2.45) is 0 Å². The summed E-state index contributed by atoms with van der Waals surface area (Å²) < 4.78 is 40.0. The van der Waals surface area contributed by atoms with Gasteiger partial charge in [-0.25, -0.2) is 17.8 Å². The van der Waals surface area contributed by atoms with Gasteiger partial charge in [-0.3, -0.25) is 4.72 Å². The number of nitrogens with one attached hydrogen (secondary N) is 1. The lowest BCUT2D eigenvalue weighted by Crippen LogP contribution is -2.15. The predicted molar refractivity (Wildman–Crippen MR) is 75.6 cm³/mol. The number of nitrogens with zero attached hydrogens (tertiary/aromatic N) is 1. The van der Waals surface area contributed by atoms with Crippen LogP contribution in [0.5, 0.6) is 0 Å². The van der Waals surface area contributed by atoms with Crippen LogP contribution in [0.25, 0.3) is 0 Å². The third-order valence-corrected chi connectivity index (χ3v) is 4.31. The van der Waals surface area contributed by atoms with E-state index in [2.05, 4.69) is 9.71 Å². The van der Waals surface area contributed by atoms with Crippen LogP contribution in [0.3, 0.4) is 0 Å². The maximum atomic E-state index is 13.3. The van der Waals surface area contributed by atoms with Gasteiger partial charge in [0, 0.05) is 0 Å². The molecule has 8 heteroatoms. The second-order valence-corrected chi connectivity index (χ2v) is 6.15. The summed E-state index contributed by atoms with van der Waals surface area (Å²) in [4.78, 5) is 3.67. The van der Waals surface area contributed by atoms with Gasteiger partial charge in [-0.15, -0.1) is 0 Å². The Labute approximate surface area is 120 Å². The molecular formula is C12H11ClFN3O2S. The quantitative estimate of drug-likeness (QED) is 0.673. The number of sulfonamides is 1. The Hall–Kier alpha value is -1.86. The highest BCUT2D eigenvalue weighted by Gasteiger charge is 2.19. The van der Waals surface area contributed by atoms with E-state index in [0.717, 1.165) is 12.1 Å². The molecule has 0 aliphatic heterocycles. The van der Waals surface area contributed by atoms with Crippen molar-refractivity contribution in [3.63, 3.8) is 0 Å². The normalized spacial score (nSPS) is 11.3. The van der Waals surface area contributed by atoms with E-state index in [-0.39, 0.29) is 27.0 Å². The van der Waals surface area contributed by atoms with Gasteiger partial charge in [-0.1, -0.05) is 11.6 Å². The minimum absolute atomic E-state index is 0.0913. The Morgan fingerprint density at radius 1 is 1.35 bits per heavy atom. The molecule has 0 amide bonds. The molecule has 0 atom stereocenters. The first-order chi connectivity index (χ1) is 9.29. The van der Waals surface area contributed by atoms with E-state index in [1.54, 1.807) is 0 Å². The number of aryl methyl sites for hydroxylation is 1. The van der Waals surface area contributed by atoms with Crippen LogP contribution in [0.15, 0.2) is 35.4 Å². The number of halogens is 2. The smallest absolute Gasteiger partial charge is 0.262 e. The van der Waals surface area contributed by atoms with Crippen LogP contribution < -0.4 is 10.5 Å². The summed E-state index contributed by atoms with van der Waals surface area (Å²) in [6.45, 7) is 1.48. The molecule has 0 saturated heterocycles. The highest BCUT2D eigenvalue weighted by Crippen LogP contribution is 2.23. The van der Waals surface area contributed by atoms with Gasteiger partial charge in [0.1, 0.15) is 11.0 Å². The van der Waals surface area contributed by atoms with Gasteiger partial charge in [-0.2, -0.15) is 0 Å². The zero-order chi connectivity index (χ0) is 14.9. The lowest BCUT2D eigenvalue weighted by Gasteiger charge is -2.11. The topological polar surface area (TPSA) is 85.1 Å². The van der Waals surface area contributed by atoms with Crippen LogP contribution in [-0.2, 0) is 10.0 Å². The molecule has 0 unspecified atom stereocenters. The monoisotopic (exact) mass is 315 g/mol. The highest BCUT2D eigenvalue weighted by molar-refractivity contribution is 7.92. The van der Waals surface area contributed by atoms with Crippen molar-refractivity contribution in [3.8, 4) is 0 Å². The molecule has 20 heavy (non-hydrogen) atoms. The van der Waals surface area contributed by atoms with Crippen LogP contribution in [0.2, 0.25) is 5.15 Å². The first-order valence-corrected chi connectivity index (χ1v) is 7.36. The summed E-state index contributed by atoms with van der Waals surface area (Å²) >= 11 is 5.62. The van der Waals surface area contributed by atoms with Gasteiger partial charge in [0.2, 0.25) is 0 Å². The molecule has 2 rings (SSSR count). The number of rotatable bonds is 3. The fourth-order valence-corrected chi connectivity index (χ4v) is 3.02. The van der Waals surface area contributed by atoms with Gasteiger partial charge >= 0.3 is 0 Å². The largest absolute Gasteiger partial charge is 0.396 e. The van der Waals surface area contributed by atoms with E-state index in [9.17, 15) is 12.8 Å². The van der Waals surface area contributed by atoms with E-state index >= 15 is 0 Å². The molecule has 3 N–H and O–H groups in total. The number of pyridine rings is 1. The van der Waals surface area contributed by atoms with Gasteiger partial charge < -0.3 is 5.73 Å². The third kappa shape index (κ3) is 3.00. The zero-order valence-corrected chi connectivity index (χ0v) is 12.0. The average Bonchev–Trinajstić information content (AvgIpc) is 2.36. The Kier molecular flexibility index (Phi) is 3.82. The summed E-state index contributed by atoms with van der Waals surface area (Å²) in [5, 5.41) is 0.246. The molecule has 0 saturated carbocycles. The maximum absolute atomic E-state index is 13.3. The number of nitrogens with two attached hydrogens (primary N) is 1. The summed E-state index contributed by atoms with van der Waals surface area (Å²) in [5.74, 6) is -0.658. The number of aromatic nitrogens is 1. The van der Waals surface area contributed by atoms with Crippen molar-refractivity contribution in [2.45, 2.75) is 11.8 Å². The summed E-state index contributed by atoms with van der Waals surface area (Å²) in [5.41, 5.74) is 5.67. The Morgan fingerprint density at radius 2 is 2.05 bits per heavy atom. The first-order valence-electron chi connectivity index (χ1n) is 5.49. The number of hydrogen-bond acceptors (Lipinski definition) is 4. The predicted octanol–water partition coefficient (Wildman–Crippen LogP) is 2.57. The fourth-order valence-electron chi connectivity index (χ4n) is 1.60. The molecule has 1 aromatic carbocycles. The van der Waals surface area contributed by atoms with Gasteiger partial charge in [0.25, 0.3) is 10.0 Å². The molecule has 5 nitrogen and oxygen atoms in total. The zero-order valence-electron chi connectivity index (χ0n) is 10.4. The fraction of sp³-hybridized carbons (Fsp3) is 0.0833. The van der Waals surface area contributed by atoms with Crippen molar-refractivity contribution in [2.75, 3.05) is 10.5 Å². The average molecular weight is 316 g/mol. The van der Waals surface area contributed by atoms with Crippen LogP contribution >= 0.6 is 11.6 Å². The van der Waals surface area contributed by atoms with Crippen LogP contribution in [-0.4, -0.2) is 13.4 Å². The molecule has 0 radical (unpaired) electrons. The molecular weight excluding hydrogens is 305 g/mol. The Morgan fingerprint density at radius 3 is 2.65 bits per heavy atom. The van der Waals surface area contributed by atoms with E-state index < -0.39 is 15.8 Å². The van der Waals surface area contributed by atoms with Gasteiger partial charge in [0.05, 0.1) is 22.5 Å². The molecule has 1 heterocycles. The SMILES string of the molecule is Cc1cc(F)c(N)cc1S(=O)(=O)Nc1ccc(Cl)nc1. The van der Waals surface area contributed by atoms with Crippen molar-refractivity contribution in [3.05, 3.63) is 47.0 Å². The number of anilines is 2. The molecule has 2 aromatic rings. The van der Waals surface area contributed by atoms with Gasteiger partial charge in [0.15, 0.2) is 0 Å². The van der Waals surface area contributed by atoms with E-state index in [0.29, 0.717) is 0 Å². The number of benzene rings is 1. The molecule has 0 aliphatic rings. The number of hydrogen-bond donors (Lipinski definition) is 2. The lowest BCUT2D eigenvalue weighted by molar-refractivity contribution is 0.599. The Balaban J connectivity index is 2.40. The van der Waals surface area contributed by atoms with Crippen molar-refractivity contribution >= 4 is 33.0 Å². The summed E-state index contributed by atoms with van der Waals surface area (Å²) in [6.07, 6.45) is 1.28. The lowest BCUT2D eigenvalue weighted by atomic mass is 10.2. The molecule has 1 aromatic heterocycles. The maximum Gasteiger partial charge on any atom is 0.262 e. The first kappa shape index (κ1) is 14.5. The van der Waals surface area contributed by atoms with Crippen molar-refractivity contribution < 1.29 is 12.8 Å². The second kappa shape index (κ2) is 5.26. The van der Waals surface area contributed by atoms with Crippen LogP contribution in [0, 0.1) is 12.7 Å². The van der Waals surface area contributed by atoms with Crippen LogP contribution in [0.4, 0.5) is 15.8 Å². The van der Waals surface area contributed by atoms with E-state index in [1.807, 2.05) is 0 Å². The van der Waals surface area contributed by atoms with Gasteiger partial charge in [-0.05, 0) is 36.8 Å². The second-order valence-electron chi connectivity index (χ2n) is 4.11. The van der Waals surface area contributed by atoms with Crippen molar-refractivity contribution in [1.82, 2.24) is 4.98 Å². The minimum atomic E-state index is -3.88. The van der Waals surface area contributed by atoms with E-state index in [1.165, 1.54) is 25.3 Å². The van der Waals surface area contributed by atoms with E-state index in [4.69, 9.17) is 17.3 Å². The highest BCUT2D eigenvalue weighted by atomic mass is 35.5. The summed E-state index contributed by atoms with van der Waals surface area (Å²) in [6, 6.07) is 5.07. The van der Waals surface area contributed by atoms with Crippen molar-refractivity contribution in [1.29, 1.82) is 0 Å². The Bertz CT molecular complexity index is 748. The summed E-state index contributed by atoms with van der Waals surface area (Å²) in [7, 11) is -3.88. The number of nitrogen functional groups attached to an aromatic ring is 1. The molecule has 106 valence electrons. The van der Waals surface area contributed by atoms with Crippen LogP contribution in [0.1, 0.15) is 5.56 Å². The minimum Gasteiger partial charge on any atom is -0.396 e. The molecule has 0 spiro atoms. The molecule has 0 aliphatic carbocycles. The third-order valence-electron chi connectivity index (χ3n) is 2.56. The molecule has 0 bridgehead atoms. The molecule has 0 fully saturated rings.